The van der Waals surface area contributed by atoms with Crippen LogP contribution in [0.15, 0.2) is 42.5 Å². The first kappa shape index (κ1) is 12.5. The molecular formula is C14H13ClN2O. The van der Waals surface area contributed by atoms with E-state index in [-0.39, 0.29) is 5.84 Å². The van der Waals surface area contributed by atoms with Gasteiger partial charge in [-0.15, -0.1) is 0 Å². The standard InChI is InChI=1S/C14H13ClN2O/c1-9-8-10(15)6-7-12(9)18-13-5-3-2-4-11(13)14(16)17/h2-8H,1H3,(H3,16,17). The van der Waals surface area contributed by atoms with Gasteiger partial charge in [-0.05, 0) is 42.8 Å². The zero-order valence-corrected chi connectivity index (χ0v) is 10.7. The Bertz CT molecular complexity index is 596. The van der Waals surface area contributed by atoms with Crippen molar-refractivity contribution in [2.45, 2.75) is 6.92 Å². The number of nitrogens with two attached hydrogens (primary N) is 1. The summed E-state index contributed by atoms with van der Waals surface area (Å²) in [6.45, 7) is 1.91. The number of nitrogen functional groups attached to an aromatic ring is 1. The molecule has 0 unspecified atom stereocenters. The number of benzene rings is 2. The fraction of sp³-hybridized carbons (Fsp3) is 0.0714. The van der Waals surface area contributed by atoms with E-state index in [2.05, 4.69) is 0 Å². The van der Waals surface area contributed by atoms with E-state index in [0.29, 0.717) is 22.1 Å². The van der Waals surface area contributed by atoms with Crippen molar-refractivity contribution < 1.29 is 4.74 Å². The molecule has 2 aromatic rings. The van der Waals surface area contributed by atoms with Crippen molar-refractivity contribution in [3.63, 3.8) is 0 Å². The molecule has 0 spiro atoms. The maximum Gasteiger partial charge on any atom is 0.138 e. The van der Waals surface area contributed by atoms with Gasteiger partial charge in [-0.3, -0.25) is 5.41 Å². The molecule has 0 atom stereocenters. The first-order valence-corrected chi connectivity index (χ1v) is 5.83. The topological polar surface area (TPSA) is 59.1 Å². The highest BCUT2D eigenvalue weighted by Gasteiger charge is 2.08. The number of nitrogens with one attached hydrogen (secondary N) is 1. The van der Waals surface area contributed by atoms with Gasteiger partial charge in [0.15, 0.2) is 0 Å². The average Bonchev–Trinajstić information content (AvgIpc) is 2.33. The molecule has 0 radical (unpaired) electrons. The summed E-state index contributed by atoms with van der Waals surface area (Å²) in [6.07, 6.45) is 0. The number of ether oxygens (including phenoxy) is 1. The van der Waals surface area contributed by atoms with Gasteiger partial charge in [-0.2, -0.15) is 0 Å². The van der Waals surface area contributed by atoms with Gasteiger partial charge in [0.2, 0.25) is 0 Å². The van der Waals surface area contributed by atoms with E-state index in [4.69, 9.17) is 27.5 Å². The van der Waals surface area contributed by atoms with Crippen LogP contribution in [0.1, 0.15) is 11.1 Å². The lowest BCUT2D eigenvalue weighted by Crippen LogP contribution is -2.12. The second kappa shape index (κ2) is 5.10. The molecule has 0 heterocycles. The van der Waals surface area contributed by atoms with Crippen molar-refractivity contribution >= 4 is 17.4 Å². The third-order valence-electron chi connectivity index (χ3n) is 2.53. The number of para-hydroxylation sites is 1. The molecular weight excluding hydrogens is 248 g/mol. The predicted octanol–water partition coefficient (Wildman–Crippen LogP) is 3.72. The molecule has 0 fully saturated rings. The minimum atomic E-state index is -0.0165. The summed E-state index contributed by atoms with van der Waals surface area (Å²) in [5, 5.41) is 8.17. The van der Waals surface area contributed by atoms with Gasteiger partial charge in [0, 0.05) is 5.02 Å². The van der Waals surface area contributed by atoms with E-state index in [1.807, 2.05) is 25.1 Å². The molecule has 0 saturated carbocycles. The summed E-state index contributed by atoms with van der Waals surface area (Å²) in [7, 11) is 0. The molecule has 0 aliphatic carbocycles. The number of amidine groups is 1. The lowest BCUT2D eigenvalue weighted by molar-refractivity contribution is 0.478. The summed E-state index contributed by atoms with van der Waals surface area (Å²) >= 11 is 5.89. The van der Waals surface area contributed by atoms with E-state index >= 15 is 0 Å². The quantitative estimate of drug-likeness (QED) is 0.653. The van der Waals surface area contributed by atoms with Crippen molar-refractivity contribution in [2.75, 3.05) is 0 Å². The molecule has 92 valence electrons. The van der Waals surface area contributed by atoms with Gasteiger partial charge >= 0.3 is 0 Å². The molecule has 2 rings (SSSR count). The van der Waals surface area contributed by atoms with Crippen molar-refractivity contribution in [1.82, 2.24) is 0 Å². The minimum Gasteiger partial charge on any atom is -0.456 e. The normalized spacial score (nSPS) is 10.1. The maximum atomic E-state index is 7.51. The minimum absolute atomic E-state index is 0.0165. The van der Waals surface area contributed by atoms with Gasteiger partial charge in [0.25, 0.3) is 0 Å². The summed E-state index contributed by atoms with van der Waals surface area (Å²) < 4.78 is 5.78. The molecule has 4 heteroatoms. The molecule has 0 aromatic heterocycles. The highest BCUT2D eigenvalue weighted by molar-refractivity contribution is 6.30. The highest BCUT2D eigenvalue weighted by atomic mass is 35.5. The number of rotatable bonds is 3. The van der Waals surface area contributed by atoms with Crippen LogP contribution < -0.4 is 10.5 Å². The second-order valence-electron chi connectivity index (χ2n) is 3.92. The van der Waals surface area contributed by atoms with Crippen molar-refractivity contribution in [3.8, 4) is 11.5 Å². The van der Waals surface area contributed by atoms with Crippen LogP contribution in [-0.2, 0) is 0 Å². The Balaban J connectivity index is 2.37. The first-order valence-electron chi connectivity index (χ1n) is 5.45. The van der Waals surface area contributed by atoms with E-state index in [1.54, 1.807) is 24.3 Å². The molecule has 3 N–H and O–H groups in total. The van der Waals surface area contributed by atoms with Crippen LogP contribution in [0.3, 0.4) is 0 Å². The van der Waals surface area contributed by atoms with E-state index in [1.165, 1.54) is 0 Å². The number of aryl methyl sites for hydroxylation is 1. The van der Waals surface area contributed by atoms with E-state index in [9.17, 15) is 0 Å². The molecule has 0 amide bonds. The summed E-state index contributed by atoms with van der Waals surface area (Å²) in [6, 6.07) is 12.6. The zero-order chi connectivity index (χ0) is 13.1. The monoisotopic (exact) mass is 260 g/mol. The van der Waals surface area contributed by atoms with E-state index < -0.39 is 0 Å². The molecule has 0 aliphatic heterocycles. The smallest absolute Gasteiger partial charge is 0.138 e. The van der Waals surface area contributed by atoms with Crippen LogP contribution in [0.25, 0.3) is 0 Å². The fourth-order valence-electron chi connectivity index (χ4n) is 1.62. The Kier molecular flexibility index (Phi) is 3.53. The molecule has 0 aliphatic rings. The van der Waals surface area contributed by atoms with Gasteiger partial charge in [-0.25, -0.2) is 0 Å². The number of hydrogen-bond donors (Lipinski definition) is 2. The fourth-order valence-corrected chi connectivity index (χ4v) is 1.85. The van der Waals surface area contributed by atoms with Crippen LogP contribution >= 0.6 is 11.6 Å². The van der Waals surface area contributed by atoms with Crippen molar-refractivity contribution in [3.05, 3.63) is 58.6 Å². The Hall–Kier alpha value is -2.00. The van der Waals surface area contributed by atoms with Gasteiger partial charge in [-0.1, -0.05) is 23.7 Å². The number of halogens is 1. The maximum absolute atomic E-state index is 7.51. The lowest BCUT2D eigenvalue weighted by Gasteiger charge is -2.12. The van der Waals surface area contributed by atoms with Gasteiger partial charge in [0.1, 0.15) is 17.3 Å². The number of hydrogen-bond acceptors (Lipinski definition) is 2. The average molecular weight is 261 g/mol. The molecule has 2 aromatic carbocycles. The molecule has 0 saturated heterocycles. The predicted molar refractivity (Wildman–Crippen MR) is 73.7 cm³/mol. The third kappa shape index (κ3) is 2.63. The van der Waals surface area contributed by atoms with Crippen molar-refractivity contribution in [2.24, 2.45) is 5.73 Å². The van der Waals surface area contributed by atoms with Crippen LogP contribution in [0.4, 0.5) is 0 Å². The Morgan fingerprint density at radius 1 is 1.17 bits per heavy atom. The molecule has 0 bridgehead atoms. The van der Waals surface area contributed by atoms with Crippen LogP contribution in [0, 0.1) is 12.3 Å². The van der Waals surface area contributed by atoms with Gasteiger partial charge < -0.3 is 10.5 Å². The van der Waals surface area contributed by atoms with Crippen LogP contribution in [0.5, 0.6) is 11.5 Å². The van der Waals surface area contributed by atoms with Gasteiger partial charge in [0.05, 0.1) is 5.56 Å². The Labute approximate surface area is 111 Å². The highest BCUT2D eigenvalue weighted by Crippen LogP contribution is 2.29. The van der Waals surface area contributed by atoms with Crippen molar-refractivity contribution in [1.29, 1.82) is 5.41 Å². The second-order valence-corrected chi connectivity index (χ2v) is 4.36. The third-order valence-corrected chi connectivity index (χ3v) is 2.77. The van der Waals surface area contributed by atoms with E-state index in [0.717, 1.165) is 5.56 Å². The molecule has 3 nitrogen and oxygen atoms in total. The first-order chi connectivity index (χ1) is 8.58. The Morgan fingerprint density at radius 2 is 1.89 bits per heavy atom. The molecule has 18 heavy (non-hydrogen) atoms. The summed E-state index contributed by atoms with van der Waals surface area (Å²) in [5.41, 5.74) is 7.02. The lowest BCUT2D eigenvalue weighted by atomic mass is 10.2. The Morgan fingerprint density at radius 3 is 2.56 bits per heavy atom. The largest absolute Gasteiger partial charge is 0.456 e. The summed E-state index contributed by atoms with van der Waals surface area (Å²) in [5.74, 6) is 1.25. The summed E-state index contributed by atoms with van der Waals surface area (Å²) in [4.78, 5) is 0. The van der Waals surface area contributed by atoms with Crippen LogP contribution in [0.2, 0.25) is 5.02 Å². The van der Waals surface area contributed by atoms with Crippen LogP contribution in [-0.4, -0.2) is 5.84 Å². The SMILES string of the molecule is Cc1cc(Cl)ccc1Oc1ccccc1C(=N)N. The zero-order valence-electron chi connectivity index (χ0n) is 9.91.